The number of aryl methyl sites for hydroxylation is 4. The summed E-state index contributed by atoms with van der Waals surface area (Å²) < 4.78 is 2.23. The molecule has 126 valence electrons. The van der Waals surface area contributed by atoms with Crippen LogP contribution in [0.15, 0.2) is 30.3 Å². The molecule has 4 nitrogen and oxygen atoms in total. The molecular weight excluding hydrogens is 298 g/mol. The lowest BCUT2D eigenvalue weighted by molar-refractivity contribution is 0.288. The number of pyridine rings is 1. The average molecular weight is 323 g/mol. The third-order valence-electron chi connectivity index (χ3n) is 4.40. The second-order valence-electron chi connectivity index (χ2n) is 6.36. The highest BCUT2D eigenvalue weighted by atomic mass is 16.2. The fraction of sp³-hybridized carbons (Fsp3) is 0.400. The van der Waals surface area contributed by atoms with E-state index >= 15 is 0 Å². The number of rotatable bonds is 6. The predicted molar refractivity (Wildman–Crippen MR) is 97.3 cm³/mol. The van der Waals surface area contributed by atoms with Crippen molar-refractivity contribution in [2.24, 2.45) is 0 Å². The Balaban J connectivity index is 1.94. The molecular formula is C20H25N3O. The van der Waals surface area contributed by atoms with Crippen molar-refractivity contribution in [2.75, 3.05) is 6.61 Å². The SMILES string of the molecule is CCc1nc2c(C)cc(C)nc2n1Cc1ccc(CCCO)cc1. The van der Waals surface area contributed by atoms with Crippen molar-refractivity contribution in [3.05, 3.63) is 58.5 Å². The maximum Gasteiger partial charge on any atom is 0.160 e. The summed E-state index contributed by atoms with van der Waals surface area (Å²) in [5.41, 5.74) is 6.72. The fourth-order valence-corrected chi connectivity index (χ4v) is 3.16. The average Bonchev–Trinajstić information content (AvgIpc) is 2.92. The number of nitrogens with zero attached hydrogens (tertiary/aromatic N) is 3. The molecule has 0 spiro atoms. The molecule has 2 heterocycles. The summed E-state index contributed by atoms with van der Waals surface area (Å²) in [6.45, 7) is 7.30. The monoisotopic (exact) mass is 323 g/mol. The third-order valence-corrected chi connectivity index (χ3v) is 4.40. The molecule has 0 radical (unpaired) electrons. The topological polar surface area (TPSA) is 50.9 Å². The van der Waals surface area contributed by atoms with E-state index < -0.39 is 0 Å². The molecule has 0 saturated heterocycles. The molecule has 0 atom stereocenters. The Bertz CT molecular complexity index is 834. The van der Waals surface area contributed by atoms with Crippen molar-refractivity contribution in [1.29, 1.82) is 0 Å². The number of hydrogen-bond acceptors (Lipinski definition) is 3. The molecule has 0 saturated carbocycles. The van der Waals surface area contributed by atoms with Crippen LogP contribution < -0.4 is 0 Å². The minimum absolute atomic E-state index is 0.243. The Hall–Kier alpha value is -2.20. The molecule has 1 aromatic carbocycles. The summed E-state index contributed by atoms with van der Waals surface area (Å²) in [5, 5.41) is 8.94. The van der Waals surface area contributed by atoms with Gasteiger partial charge in [0.1, 0.15) is 11.3 Å². The molecule has 3 aromatic rings. The van der Waals surface area contributed by atoms with E-state index in [0.29, 0.717) is 0 Å². The Morgan fingerprint density at radius 1 is 1.04 bits per heavy atom. The molecule has 2 aromatic heterocycles. The van der Waals surface area contributed by atoms with Gasteiger partial charge in [0.25, 0.3) is 0 Å². The van der Waals surface area contributed by atoms with Crippen LogP contribution in [0.25, 0.3) is 11.2 Å². The first kappa shape index (κ1) is 16.7. The zero-order chi connectivity index (χ0) is 17.1. The summed E-state index contributed by atoms with van der Waals surface area (Å²) in [5.74, 6) is 1.08. The highest BCUT2D eigenvalue weighted by molar-refractivity contribution is 5.76. The van der Waals surface area contributed by atoms with Crippen LogP contribution in [0, 0.1) is 13.8 Å². The predicted octanol–water partition coefficient (Wildman–Crippen LogP) is 3.58. The molecule has 4 heteroatoms. The third kappa shape index (κ3) is 3.34. The Morgan fingerprint density at radius 2 is 1.75 bits per heavy atom. The van der Waals surface area contributed by atoms with Gasteiger partial charge in [0.05, 0.1) is 6.54 Å². The molecule has 0 aliphatic heterocycles. The van der Waals surface area contributed by atoms with Gasteiger partial charge in [-0.2, -0.15) is 0 Å². The summed E-state index contributed by atoms with van der Waals surface area (Å²) in [6, 6.07) is 10.7. The molecule has 0 unspecified atom stereocenters. The number of fused-ring (bicyclic) bond motifs is 1. The lowest BCUT2D eigenvalue weighted by Crippen LogP contribution is -2.05. The van der Waals surface area contributed by atoms with Crippen LogP contribution in [0.5, 0.6) is 0 Å². The van der Waals surface area contributed by atoms with Crippen LogP contribution in [0.3, 0.4) is 0 Å². The van der Waals surface area contributed by atoms with Gasteiger partial charge in [0.2, 0.25) is 0 Å². The van der Waals surface area contributed by atoms with Gasteiger partial charge < -0.3 is 9.67 Å². The van der Waals surface area contributed by atoms with E-state index in [9.17, 15) is 0 Å². The van der Waals surface area contributed by atoms with Gasteiger partial charge in [-0.05, 0) is 49.4 Å². The standard InChI is InChI=1S/C20H25N3O/c1-4-18-22-19-14(2)12-15(3)21-20(19)23(18)13-17-9-7-16(8-10-17)6-5-11-24/h7-10,12,24H,4-6,11,13H2,1-3H3. The van der Waals surface area contributed by atoms with Crippen LogP contribution >= 0.6 is 0 Å². The molecule has 1 N–H and O–H groups in total. The maximum atomic E-state index is 8.94. The van der Waals surface area contributed by atoms with E-state index in [-0.39, 0.29) is 6.61 Å². The summed E-state index contributed by atoms with van der Waals surface area (Å²) in [7, 11) is 0. The smallest absolute Gasteiger partial charge is 0.160 e. The van der Waals surface area contributed by atoms with Crippen molar-refractivity contribution in [2.45, 2.75) is 46.6 Å². The van der Waals surface area contributed by atoms with Crippen LogP contribution in [-0.4, -0.2) is 26.2 Å². The Morgan fingerprint density at radius 3 is 2.42 bits per heavy atom. The van der Waals surface area contributed by atoms with Crippen LogP contribution in [-0.2, 0) is 19.4 Å². The van der Waals surface area contributed by atoms with Crippen molar-refractivity contribution >= 4 is 11.2 Å². The molecule has 0 fully saturated rings. The first-order valence-electron chi connectivity index (χ1n) is 8.64. The summed E-state index contributed by atoms with van der Waals surface area (Å²) >= 11 is 0. The summed E-state index contributed by atoms with van der Waals surface area (Å²) in [6.07, 6.45) is 2.63. The number of hydrogen-bond donors (Lipinski definition) is 1. The van der Waals surface area contributed by atoms with Gasteiger partial charge in [0, 0.05) is 18.7 Å². The van der Waals surface area contributed by atoms with E-state index in [4.69, 9.17) is 15.1 Å². The van der Waals surface area contributed by atoms with Gasteiger partial charge in [-0.25, -0.2) is 9.97 Å². The van der Waals surface area contributed by atoms with Crippen molar-refractivity contribution in [3.63, 3.8) is 0 Å². The quantitative estimate of drug-likeness (QED) is 0.754. The second kappa shape index (κ2) is 7.14. The van der Waals surface area contributed by atoms with Gasteiger partial charge >= 0.3 is 0 Å². The molecule has 0 aliphatic carbocycles. The minimum Gasteiger partial charge on any atom is -0.396 e. The largest absolute Gasteiger partial charge is 0.396 e. The minimum atomic E-state index is 0.243. The molecule has 3 rings (SSSR count). The number of benzene rings is 1. The van der Waals surface area contributed by atoms with Crippen molar-refractivity contribution < 1.29 is 5.11 Å². The van der Waals surface area contributed by atoms with E-state index in [1.54, 1.807) is 0 Å². The highest BCUT2D eigenvalue weighted by Gasteiger charge is 2.13. The number of aromatic nitrogens is 3. The number of imidazole rings is 1. The van der Waals surface area contributed by atoms with Gasteiger partial charge in [-0.15, -0.1) is 0 Å². The molecule has 24 heavy (non-hydrogen) atoms. The lowest BCUT2D eigenvalue weighted by atomic mass is 10.1. The van der Waals surface area contributed by atoms with Gasteiger partial charge in [-0.3, -0.25) is 0 Å². The zero-order valence-corrected chi connectivity index (χ0v) is 14.7. The van der Waals surface area contributed by atoms with E-state index in [1.165, 1.54) is 16.7 Å². The van der Waals surface area contributed by atoms with Crippen LogP contribution in [0.4, 0.5) is 0 Å². The number of aliphatic hydroxyl groups is 1. The zero-order valence-electron chi connectivity index (χ0n) is 14.7. The maximum absolute atomic E-state index is 8.94. The summed E-state index contributed by atoms with van der Waals surface area (Å²) in [4.78, 5) is 9.53. The van der Waals surface area contributed by atoms with E-state index in [0.717, 1.165) is 48.5 Å². The first-order valence-corrected chi connectivity index (χ1v) is 8.64. The first-order chi connectivity index (χ1) is 11.6. The van der Waals surface area contributed by atoms with Crippen LogP contribution in [0.2, 0.25) is 0 Å². The lowest BCUT2D eigenvalue weighted by Gasteiger charge is -2.09. The highest BCUT2D eigenvalue weighted by Crippen LogP contribution is 2.21. The van der Waals surface area contributed by atoms with Crippen molar-refractivity contribution in [3.8, 4) is 0 Å². The van der Waals surface area contributed by atoms with E-state index in [1.807, 2.05) is 6.92 Å². The van der Waals surface area contributed by atoms with Crippen molar-refractivity contribution in [1.82, 2.24) is 14.5 Å². The normalized spacial score (nSPS) is 11.3. The number of aliphatic hydroxyl groups excluding tert-OH is 1. The molecule has 0 amide bonds. The van der Waals surface area contributed by atoms with Crippen LogP contribution in [0.1, 0.15) is 41.6 Å². The molecule has 0 aliphatic rings. The molecule has 0 bridgehead atoms. The fourth-order valence-electron chi connectivity index (χ4n) is 3.16. The van der Waals surface area contributed by atoms with Gasteiger partial charge in [0.15, 0.2) is 5.65 Å². The Labute approximate surface area is 143 Å². The van der Waals surface area contributed by atoms with E-state index in [2.05, 4.69) is 48.7 Å². The second-order valence-corrected chi connectivity index (χ2v) is 6.36. The Kier molecular flexibility index (Phi) is 4.95. The van der Waals surface area contributed by atoms with Gasteiger partial charge in [-0.1, -0.05) is 31.2 Å².